The highest BCUT2D eigenvalue weighted by molar-refractivity contribution is 5.74. The van der Waals surface area contributed by atoms with Gasteiger partial charge < -0.3 is 16.2 Å². The Morgan fingerprint density at radius 1 is 1.50 bits per heavy atom. The molecule has 1 aliphatic heterocycles. The second kappa shape index (κ2) is 5.12. The van der Waals surface area contributed by atoms with Crippen molar-refractivity contribution >= 4 is 5.91 Å². The smallest absolute Gasteiger partial charge is 0.219 e. The van der Waals surface area contributed by atoms with E-state index in [0.717, 1.165) is 26.0 Å². The van der Waals surface area contributed by atoms with Gasteiger partial charge in [-0.1, -0.05) is 0 Å². The van der Waals surface area contributed by atoms with Gasteiger partial charge in [0.15, 0.2) is 0 Å². The predicted molar refractivity (Wildman–Crippen MR) is 60.7 cm³/mol. The average molecular weight is 227 g/mol. The first-order valence-corrected chi connectivity index (χ1v) is 6.08. The van der Waals surface area contributed by atoms with Crippen LogP contribution in [0.2, 0.25) is 0 Å². The average Bonchev–Trinajstić information content (AvgIpc) is 2.73. The van der Waals surface area contributed by atoms with Crippen molar-refractivity contribution in [1.29, 1.82) is 0 Å². The van der Waals surface area contributed by atoms with E-state index < -0.39 is 0 Å². The van der Waals surface area contributed by atoms with Crippen molar-refractivity contribution in [2.45, 2.75) is 43.9 Å². The molecule has 0 aromatic rings. The van der Waals surface area contributed by atoms with Gasteiger partial charge in [-0.3, -0.25) is 9.69 Å². The SMILES string of the molecule is NCC(CC(N)=O)N1CCOC2CCCC21. The molecule has 3 unspecified atom stereocenters. The Morgan fingerprint density at radius 3 is 3.00 bits per heavy atom. The van der Waals surface area contributed by atoms with E-state index in [0.29, 0.717) is 25.1 Å². The van der Waals surface area contributed by atoms with Gasteiger partial charge in [-0.05, 0) is 19.3 Å². The van der Waals surface area contributed by atoms with Crippen LogP contribution in [0.3, 0.4) is 0 Å². The van der Waals surface area contributed by atoms with E-state index in [9.17, 15) is 4.79 Å². The maximum Gasteiger partial charge on any atom is 0.219 e. The Bertz CT molecular complexity index is 260. The van der Waals surface area contributed by atoms with E-state index in [1.807, 2.05) is 0 Å². The van der Waals surface area contributed by atoms with Crippen molar-refractivity contribution in [3.8, 4) is 0 Å². The molecule has 4 N–H and O–H groups in total. The Morgan fingerprint density at radius 2 is 2.31 bits per heavy atom. The van der Waals surface area contributed by atoms with E-state index in [4.69, 9.17) is 16.2 Å². The zero-order chi connectivity index (χ0) is 11.5. The summed E-state index contributed by atoms with van der Waals surface area (Å²) < 4.78 is 5.73. The third-order valence-electron chi connectivity index (χ3n) is 3.70. The van der Waals surface area contributed by atoms with Crippen LogP contribution in [0.25, 0.3) is 0 Å². The van der Waals surface area contributed by atoms with Crippen molar-refractivity contribution in [3.63, 3.8) is 0 Å². The number of carbonyl (C=O) groups excluding carboxylic acids is 1. The number of nitrogens with zero attached hydrogens (tertiary/aromatic N) is 1. The van der Waals surface area contributed by atoms with Gasteiger partial charge in [0.2, 0.25) is 5.91 Å². The molecule has 16 heavy (non-hydrogen) atoms. The first-order valence-electron chi connectivity index (χ1n) is 6.08. The van der Waals surface area contributed by atoms with E-state index in [2.05, 4.69) is 4.90 Å². The standard InChI is InChI=1S/C11H21N3O2/c12-7-8(6-11(13)15)14-4-5-16-10-3-1-2-9(10)14/h8-10H,1-7,12H2,(H2,13,15). The molecule has 2 fully saturated rings. The molecule has 0 radical (unpaired) electrons. The number of ether oxygens (including phenoxy) is 1. The summed E-state index contributed by atoms with van der Waals surface area (Å²) in [6.45, 7) is 2.11. The van der Waals surface area contributed by atoms with Crippen molar-refractivity contribution in [3.05, 3.63) is 0 Å². The Labute approximate surface area is 96.1 Å². The van der Waals surface area contributed by atoms with Crippen molar-refractivity contribution in [2.24, 2.45) is 11.5 Å². The number of primary amides is 1. The monoisotopic (exact) mass is 227 g/mol. The fourth-order valence-corrected chi connectivity index (χ4v) is 2.98. The van der Waals surface area contributed by atoms with E-state index >= 15 is 0 Å². The highest BCUT2D eigenvalue weighted by Gasteiger charge is 2.38. The summed E-state index contributed by atoms with van der Waals surface area (Å²) in [6, 6.07) is 0.536. The summed E-state index contributed by atoms with van der Waals surface area (Å²) in [6.07, 6.45) is 4.20. The molecule has 3 atom stereocenters. The van der Waals surface area contributed by atoms with E-state index in [1.165, 1.54) is 6.42 Å². The lowest BCUT2D eigenvalue weighted by Gasteiger charge is -2.42. The van der Waals surface area contributed by atoms with Crippen molar-refractivity contribution in [1.82, 2.24) is 4.90 Å². The van der Waals surface area contributed by atoms with Gasteiger partial charge in [-0.25, -0.2) is 0 Å². The van der Waals surface area contributed by atoms with Crippen LogP contribution in [-0.2, 0) is 9.53 Å². The minimum Gasteiger partial charge on any atom is -0.375 e. The third kappa shape index (κ3) is 2.36. The first-order chi connectivity index (χ1) is 7.72. The van der Waals surface area contributed by atoms with E-state index in [1.54, 1.807) is 0 Å². The lowest BCUT2D eigenvalue weighted by atomic mass is 10.0. The lowest BCUT2D eigenvalue weighted by molar-refractivity contribution is -0.121. The summed E-state index contributed by atoms with van der Waals surface area (Å²) in [4.78, 5) is 13.4. The molecule has 0 aromatic carbocycles. The molecule has 0 spiro atoms. The molecule has 2 aliphatic rings. The maximum absolute atomic E-state index is 11.0. The highest BCUT2D eigenvalue weighted by atomic mass is 16.5. The largest absolute Gasteiger partial charge is 0.375 e. The van der Waals surface area contributed by atoms with Crippen LogP contribution in [0.15, 0.2) is 0 Å². The number of nitrogens with two attached hydrogens (primary N) is 2. The summed E-state index contributed by atoms with van der Waals surface area (Å²) in [7, 11) is 0. The van der Waals surface area contributed by atoms with Crippen LogP contribution >= 0.6 is 0 Å². The molecular formula is C11H21N3O2. The van der Waals surface area contributed by atoms with Crippen LogP contribution < -0.4 is 11.5 Å². The summed E-state index contributed by atoms with van der Waals surface area (Å²) in [5.74, 6) is -0.267. The van der Waals surface area contributed by atoms with Crippen LogP contribution in [0.5, 0.6) is 0 Å². The van der Waals surface area contributed by atoms with Gasteiger partial charge in [0.25, 0.3) is 0 Å². The Balaban J connectivity index is 2.02. The predicted octanol–water partition coefficient (Wildman–Crippen LogP) is -0.558. The summed E-state index contributed by atoms with van der Waals surface area (Å²) in [5.41, 5.74) is 11.0. The molecule has 0 bridgehead atoms. The highest BCUT2D eigenvalue weighted by Crippen LogP contribution is 2.31. The molecule has 92 valence electrons. The molecule has 1 saturated heterocycles. The van der Waals surface area contributed by atoms with Gasteiger partial charge in [-0.15, -0.1) is 0 Å². The molecule has 0 aromatic heterocycles. The number of rotatable bonds is 4. The second-order valence-electron chi connectivity index (χ2n) is 4.71. The van der Waals surface area contributed by atoms with Crippen LogP contribution in [0.1, 0.15) is 25.7 Å². The zero-order valence-corrected chi connectivity index (χ0v) is 9.60. The normalized spacial score (nSPS) is 32.3. The Kier molecular flexibility index (Phi) is 3.78. The van der Waals surface area contributed by atoms with Gasteiger partial charge >= 0.3 is 0 Å². The molecule has 5 heteroatoms. The van der Waals surface area contributed by atoms with Crippen LogP contribution in [0, 0.1) is 0 Å². The topological polar surface area (TPSA) is 81.6 Å². The molecule has 1 heterocycles. The zero-order valence-electron chi connectivity index (χ0n) is 9.60. The molecule has 1 aliphatic carbocycles. The fourth-order valence-electron chi connectivity index (χ4n) is 2.98. The quantitative estimate of drug-likeness (QED) is 0.674. The van der Waals surface area contributed by atoms with Crippen LogP contribution in [0.4, 0.5) is 0 Å². The first kappa shape index (κ1) is 11.8. The number of amides is 1. The van der Waals surface area contributed by atoms with Crippen molar-refractivity contribution < 1.29 is 9.53 Å². The number of morpholine rings is 1. The number of hydrogen-bond donors (Lipinski definition) is 2. The second-order valence-corrected chi connectivity index (χ2v) is 4.71. The molecule has 1 saturated carbocycles. The lowest BCUT2D eigenvalue weighted by Crippen LogP contribution is -2.55. The van der Waals surface area contributed by atoms with Gasteiger partial charge in [0.05, 0.1) is 12.7 Å². The van der Waals surface area contributed by atoms with E-state index in [-0.39, 0.29) is 11.9 Å². The van der Waals surface area contributed by atoms with Gasteiger partial charge in [0.1, 0.15) is 0 Å². The van der Waals surface area contributed by atoms with Gasteiger partial charge in [0, 0.05) is 31.6 Å². The summed E-state index contributed by atoms with van der Waals surface area (Å²) >= 11 is 0. The fraction of sp³-hybridized carbons (Fsp3) is 0.909. The number of fused-ring (bicyclic) bond motifs is 1. The minimum atomic E-state index is -0.267. The maximum atomic E-state index is 11.0. The molecule has 2 rings (SSSR count). The third-order valence-corrected chi connectivity index (χ3v) is 3.70. The Hall–Kier alpha value is -0.650. The molecule has 1 amide bonds. The summed E-state index contributed by atoms with van der Waals surface area (Å²) in [5, 5.41) is 0. The minimum absolute atomic E-state index is 0.0898. The molecular weight excluding hydrogens is 206 g/mol. The molecule has 5 nitrogen and oxygen atoms in total. The van der Waals surface area contributed by atoms with Crippen LogP contribution in [-0.4, -0.2) is 48.7 Å². The van der Waals surface area contributed by atoms with Crippen molar-refractivity contribution in [2.75, 3.05) is 19.7 Å². The number of carbonyl (C=O) groups is 1. The number of hydrogen-bond acceptors (Lipinski definition) is 4. The van der Waals surface area contributed by atoms with Gasteiger partial charge in [-0.2, -0.15) is 0 Å².